The molecule has 1 aromatic rings. The fraction of sp³-hybridized carbons (Fsp3) is 0.500. The third-order valence-corrected chi connectivity index (χ3v) is 1.94. The van der Waals surface area contributed by atoms with Crippen molar-refractivity contribution in [3.63, 3.8) is 0 Å². The standard InChI is InChI=1S/C6H8OS.C2H6/c1-5-2-3-6(4-7)8-5;1-2/h2-3,7H,4H2,1H3;1-2H3. The van der Waals surface area contributed by atoms with E-state index in [1.165, 1.54) is 4.88 Å². The average molecular weight is 158 g/mol. The molecule has 1 aromatic heterocycles. The van der Waals surface area contributed by atoms with E-state index in [4.69, 9.17) is 5.11 Å². The van der Waals surface area contributed by atoms with E-state index in [0.717, 1.165) is 4.88 Å². The molecule has 58 valence electrons. The van der Waals surface area contributed by atoms with Gasteiger partial charge in [-0.25, -0.2) is 0 Å². The summed E-state index contributed by atoms with van der Waals surface area (Å²) in [6.45, 7) is 6.21. The van der Waals surface area contributed by atoms with E-state index < -0.39 is 0 Å². The molecule has 0 aromatic carbocycles. The van der Waals surface area contributed by atoms with Gasteiger partial charge in [0.1, 0.15) is 0 Å². The second-order valence-corrected chi connectivity index (χ2v) is 3.04. The predicted molar refractivity (Wildman–Crippen MR) is 46.3 cm³/mol. The summed E-state index contributed by atoms with van der Waals surface area (Å²) in [5.41, 5.74) is 0. The zero-order chi connectivity index (χ0) is 7.98. The first-order valence-corrected chi connectivity index (χ1v) is 4.31. The summed E-state index contributed by atoms with van der Waals surface area (Å²) in [5, 5.41) is 8.56. The monoisotopic (exact) mass is 158 g/mol. The van der Waals surface area contributed by atoms with Crippen molar-refractivity contribution in [1.29, 1.82) is 0 Å². The Bertz CT molecular complexity index is 170. The van der Waals surface area contributed by atoms with Crippen LogP contribution in [0, 0.1) is 6.92 Å². The van der Waals surface area contributed by atoms with E-state index in [2.05, 4.69) is 0 Å². The van der Waals surface area contributed by atoms with Gasteiger partial charge in [-0.15, -0.1) is 11.3 Å². The van der Waals surface area contributed by atoms with Crippen LogP contribution in [0.15, 0.2) is 12.1 Å². The highest BCUT2D eigenvalue weighted by molar-refractivity contribution is 7.11. The Hall–Kier alpha value is -0.340. The van der Waals surface area contributed by atoms with Crippen LogP contribution < -0.4 is 0 Å². The Morgan fingerprint density at radius 2 is 2.00 bits per heavy atom. The van der Waals surface area contributed by atoms with E-state index in [1.807, 2.05) is 32.9 Å². The molecule has 0 aliphatic carbocycles. The summed E-state index contributed by atoms with van der Waals surface area (Å²) in [6, 6.07) is 3.95. The van der Waals surface area contributed by atoms with E-state index in [0.29, 0.717) is 0 Å². The minimum Gasteiger partial charge on any atom is -0.391 e. The zero-order valence-electron chi connectivity index (χ0n) is 6.72. The summed E-state index contributed by atoms with van der Waals surface area (Å²) in [5.74, 6) is 0. The molecule has 2 heteroatoms. The van der Waals surface area contributed by atoms with Gasteiger partial charge in [-0.2, -0.15) is 0 Å². The highest BCUT2D eigenvalue weighted by atomic mass is 32.1. The van der Waals surface area contributed by atoms with Crippen LogP contribution in [0.25, 0.3) is 0 Å². The summed E-state index contributed by atoms with van der Waals surface area (Å²) in [6.07, 6.45) is 0. The summed E-state index contributed by atoms with van der Waals surface area (Å²) < 4.78 is 0. The van der Waals surface area contributed by atoms with Crippen molar-refractivity contribution >= 4 is 11.3 Å². The smallest absolute Gasteiger partial charge is 0.0774 e. The van der Waals surface area contributed by atoms with Crippen molar-refractivity contribution in [2.24, 2.45) is 0 Å². The average Bonchev–Trinajstić information content (AvgIpc) is 2.40. The molecule has 0 radical (unpaired) electrons. The molecule has 0 aliphatic heterocycles. The van der Waals surface area contributed by atoms with Gasteiger partial charge in [-0.1, -0.05) is 13.8 Å². The second kappa shape index (κ2) is 5.45. The number of hydrogen-bond donors (Lipinski definition) is 1. The third-order valence-electron chi connectivity index (χ3n) is 0.952. The Morgan fingerprint density at radius 3 is 2.20 bits per heavy atom. The quantitative estimate of drug-likeness (QED) is 0.666. The van der Waals surface area contributed by atoms with Crippen LogP contribution in [0.4, 0.5) is 0 Å². The number of aliphatic hydroxyl groups excluding tert-OH is 1. The zero-order valence-corrected chi connectivity index (χ0v) is 7.53. The lowest BCUT2D eigenvalue weighted by Crippen LogP contribution is -1.69. The molecule has 0 spiro atoms. The first-order valence-electron chi connectivity index (χ1n) is 3.49. The lowest BCUT2D eigenvalue weighted by molar-refractivity contribution is 0.285. The molecule has 0 bridgehead atoms. The van der Waals surface area contributed by atoms with E-state index in [9.17, 15) is 0 Å². The van der Waals surface area contributed by atoms with Gasteiger partial charge < -0.3 is 5.11 Å². The van der Waals surface area contributed by atoms with Gasteiger partial charge >= 0.3 is 0 Å². The maximum absolute atomic E-state index is 8.56. The van der Waals surface area contributed by atoms with Crippen molar-refractivity contribution < 1.29 is 5.11 Å². The van der Waals surface area contributed by atoms with Gasteiger partial charge in [0.2, 0.25) is 0 Å². The molecular formula is C8H14OS. The molecule has 0 amide bonds. The van der Waals surface area contributed by atoms with Crippen molar-refractivity contribution in [1.82, 2.24) is 0 Å². The first kappa shape index (κ1) is 9.66. The number of aryl methyl sites for hydroxylation is 1. The van der Waals surface area contributed by atoms with Crippen molar-refractivity contribution in [2.75, 3.05) is 0 Å². The normalized spacial score (nSPS) is 8.40. The van der Waals surface area contributed by atoms with Crippen LogP contribution in [0.3, 0.4) is 0 Å². The Kier molecular flexibility index (Phi) is 5.26. The highest BCUT2D eigenvalue weighted by Gasteiger charge is 1.90. The molecule has 1 rings (SSSR count). The van der Waals surface area contributed by atoms with Gasteiger partial charge in [-0.3, -0.25) is 0 Å². The van der Waals surface area contributed by atoms with Gasteiger partial charge in [0.05, 0.1) is 6.61 Å². The van der Waals surface area contributed by atoms with Crippen molar-refractivity contribution in [3.8, 4) is 0 Å². The molecule has 1 nitrogen and oxygen atoms in total. The van der Waals surface area contributed by atoms with E-state index in [-0.39, 0.29) is 6.61 Å². The lowest BCUT2D eigenvalue weighted by Gasteiger charge is -1.80. The molecule has 0 saturated heterocycles. The van der Waals surface area contributed by atoms with Crippen molar-refractivity contribution in [2.45, 2.75) is 27.4 Å². The second-order valence-electron chi connectivity index (χ2n) is 1.67. The van der Waals surface area contributed by atoms with Gasteiger partial charge in [0.25, 0.3) is 0 Å². The molecule has 0 atom stereocenters. The first-order chi connectivity index (χ1) is 4.83. The number of aliphatic hydroxyl groups is 1. The predicted octanol–water partition coefficient (Wildman–Crippen LogP) is 2.58. The largest absolute Gasteiger partial charge is 0.391 e. The Labute approximate surface area is 66.3 Å². The maximum atomic E-state index is 8.56. The van der Waals surface area contributed by atoms with Gasteiger partial charge in [0.15, 0.2) is 0 Å². The fourth-order valence-electron chi connectivity index (χ4n) is 0.570. The summed E-state index contributed by atoms with van der Waals surface area (Å²) >= 11 is 1.64. The molecule has 0 unspecified atom stereocenters. The SMILES string of the molecule is CC.Cc1ccc(CO)s1. The van der Waals surface area contributed by atoms with Crippen LogP contribution in [-0.2, 0) is 6.61 Å². The molecule has 0 aliphatic rings. The molecule has 0 fully saturated rings. The molecule has 1 N–H and O–H groups in total. The molecular weight excluding hydrogens is 144 g/mol. The Balaban J connectivity index is 0.000000371. The van der Waals surface area contributed by atoms with Gasteiger partial charge in [0, 0.05) is 9.75 Å². The molecule has 1 heterocycles. The van der Waals surface area contributed by atoms with E-state index in [1.54, 1.807) is 11.3 Å². The van der Waals surface area contributed by atoms with Crippen LogP contribution in [0.5, 0.6) is 0 Å². The van der Waals surface area contributed by atoms with Crippen LogP contribution in [-0.4, -0.2) is 5.11 Å². The Morgan fingerprint density at radius 1 is 1.40 bits per heavy atom. The third kappa shape index (κ3) is 2.99. The number of hydrogen-bond acceptors (Lipinski definition) is 2. The van der Waals surface area contributed by atoms with Crippen molar-refractivity contribution in [3.05, 3.63) is 21.9 Å². The number of thiophene rings is 1. The van der Waals surface area contributed by atoms with Crippen LogP contribution in [0.1, 0.15) is 23.6 Å². The minimum absolute atomic E-state index is 0.179. The molecule has 0 saturated carbocycles. The molecule has 10 heavy (non-hydrogen) atoms. The van der Waals surface area contributed by atoms with Gasteiger partial charge in [-0.05, 0) is 19.1 Å². The van der Waals surface area contributed by atoms with E-state index >= 15 is 0 Å². The van der Waals surface area contributed by atoms with Crippen LogP contribution >= 0.6 is 11.3 Å². The summed E-state index contributed by atoms with van der Waals surface area (Å²) in [7, 11) is 0. The minimum atomic E-state index is 0.179. The number of rotatable bonds is 1. The highest BCUT2D eigenvalue weighted by Crippen LogP contribution is 2.13. The maximum Gasteiger partial charge on any atom is 0.0774 e. The fourth-order valence-corrected chi connectivity index (χ4v) is 1.32. The van der Waals surface area contributed by atoms with Crippen LogP contribution in [0.2, 0.25) is 0 Å². The summed E-state index contributed by atoms with van der Waals surface area (Å²) in [4.78, 5) is 2.30. The lowest BCUT2D eigenvalue weighted by atomic mass is 10.4. The topological polar surface area (TPSA) is 20.2 Å².